The lowest BCUT2D eigenvalue weighted by Crippen LogP contribution is -2.22. The SMILES string of the molecule is CC(C)=C/C=C\C1=C(N)CC2(C1)c1ccccc1-c1ccccc12. The van der Waals surface area contributed by atoms with E-state index in [1.165, 1.54) is 33.4 Å². The molecule has 2 aromatic carbocycles. The lowest BCUT2D eigenvalue weighted by atomic mass is 9.75. The molecule has 24 heavy (non-hydrogen) atoms. The van der Waals surface area contributed by atoms with Gasteiger partial charge in [-0.1, -0.05) is 72.3 Å². The molecule has 0 saturated heterocycles. The molecule has 1 spiro atoms. The first-order valence-corrected chi connectivity index (χ1v) is 8.60. The van der Waals surface area contributed by atoms with E-state index in [-0.39, 0.29) is 5.41 Å². The van der Waals surface area contributed by atoms with Crippen LogP contribution in [0.5, 0.6) is 0 Å². The Balaban J connectivity index is 1.80. The first kappa shape index (κ1) is 15.0. The standard InChI is InChI=1S/C23H23N/c1-16(2)8-7-9-17-14-23(15-22(17)24)20-12-5-3-10-18(20)19-11-4-6-13-21(19)23/h3-13H,14-15,24H2,1-2H3/b9-7-. The number of fused-ring (bicyclic) bond motifs is 5. The van der Waals surface area contributed by atoms with Crippen LogP contribution in [0.1, 0.15) is 37.8 Å². The average molecular weight is 313 g/mol. The number of benzene rings is 2. The second-order valence-corrected chi connectivity index (χ2v) is 7.18. The van der Waals surface area contributed by atoms with E-state index in [0.717, 1.165) is 18.5 Å². The predicted octanol–water partition coefficient (Wildman–Crippen LogP) is 5.48. The smallest absolute Gasteiger partial charge is 0.0310 e. The molecule has 2 aromatic rings. The van der Waals surface area contributed by atoms with Gasteiger partial charge >= 0.3 is 0 Å². The highest BCUT2D eigenvalue weighted by Gasteiger charge is 2.46. The van der Waals surface area contributed by atoms with Gasteiger partial charge in [-0.3, -0.25) is 0 Å². The normalized spacial score (nSPS) is 17.4. The summed E-state index contributed by atoms with van der Waals surface area (Å²) in [6, 6.07) is 17.6. The fourth-order valence-corrected chi connectivity index (χ4v) is 4.26. The van der Waals surface area contributed by atoms with Gasteiger partial charge in [0.05, 0.1) is 0 Å². The Hall–Kier alpha value is -2.54. The number of nitrogens with two attached hydrogens (primary N) is 1. The van der Waals surface area contributed by atoms with Gasteiger partial charge < -0.3 is 5.73 Å². The van der Waals surface area contributed by atoms with E-state index in [1.807, 2.05) is 0 Å². The summed E-state index contributed by atoms with van der Waals surface area (Å²) in [7, 11) is 0. The highest BCUT2D eigenvalue weighted by molar-refractivity contribution is 5.82. The van der Waals surface area contributed by atoms with Crippen LogP contribution in [-0.4, -0.2) is 0 Å². The largest absolute Gasteiger partial charge is 0.402 e. The third-order valence-electron chi connectivity index (χ3n) is 5.30. The molecule has 0 heterocycles. The lowest BCUT2D eigenvalue weighted by molar-refractivity contribution is 0.558. The van der Waals surface area contributed by atoms with Gasteiger partial charge in [0.1, 0.15) is 0 Å². The van der Waals surface area contributed by atoms with Gasteiger partial charge in [0.15, 0.2) is 0 Å². The van der Waals surface area contributed by atoms with Gasteiger partial charge in [0.2, 0.25) is 0 Å². The quantitative estimate of drug-likeness (QED) is 0.730. The summed E-state index contributed by atoms with van der Waals surface area (Å²) in [5.74, 6) is 0. The number of allylic oxidation sites excluding steroid dienone is 6. The van der Waals surface area contributed by atoms with E-state index in [2.05, 4.69) is 80.6 Å². The molecule has 0 amide bonds. The minimum atomic E-state index is 0.0158. The fraction of sp³-hybridized carbons (Fsp3) is 0.217. The first-order chi connectivity index (χ1) is 11.6. The van der Waals surface area contributed by atoms with Crippen molar-refractivity contribution in [2.45, 2.75) is 32.1 Å². The summed E-state index contributed by atoms with van der Waals surface area (Å²) in [5, 5.41) is 0. The first-order valence-electron chi connectivity index (χ1n) is 8.60. The van der Waals surface area contributed by atoms with Gasteiger partial charge in [-0.25, -0.2) is 0 Å². The van der Waals surface area contributed by atoms with Crippen LogP contribution >= 0.6 is 0 Å². The van der Waals surface area contributed by atoms with Crippen LogP contribution < -0.4 is 5.73 Å². The Kier molecular flexibility index (Phi) is 3.45. The molecule has 120 valence electrons. The lowest BCUT2D eigenvalue weighted by Gasteiger charge is -2.27. The Labute approximate surface area is 144 Å². The summed E-state index contributed by atoms with van der Waals surface area (Å²) in [6.45, 7) is 4.23. The molecule has 0 bridgehead atoms. The Morgan fingerprint density at radius 2 is 1.50 bits per heavy atom. The van der Waals surface area contributed by atoms with E-state index in [9.17, 15) is 0 Å². The van der Waals surface area contributed by atoms with Gasteiger partial charge in [-0.2, -0.15) is 0 Å². The molecule has 1 nitrogen and oxygen atoms in total. The molecular weight excluding hydrogens is 290 g/mol. The van der Waals surface area contributed by atoms with Gasteiger partial charge in [-0.05, 0) is 48.1 Å². The van der Waals surface area contributed by atoms with E-state index in [4.69, 9.17) is 5.73 Å². The zero-order chi connectivity index (χ0) is 16.7. The molecule has 0 aromatic heterocycles. The minimum Gasteiger partial charge on any atom is -0.402 e. The van der Waals surface area contributed by atoms with Crippen molar-refractivity contribution in [3.8, 4) is 11.1 Å². The fourth-order valence-electron chi connectivity index (χ4n) is 4.26. The summed E-state index contributed by atoms with van der Waals surface area (Å²) in [5.41, 5.74) is 15.7. The van der Waals surface area contributed by atoms with Crippen molar-refractivity contribution in [1.29, 1.82) is 0 Å². The van der Waals surface area contributed by atoms with Crippen molar-refractivity contribution in [3.05, 3.63) is 94.7 Å². The third kappa shape index (κ3) is 2.16. The van der Waals surface area contributed by atoms with E-state index in [1.54, 1.807) is 0 Å². The van der Waals surface area contributed by atoms with Gasteiger partial charge in [0.25, 0.3) is 0 Å². The highest BCUT2D eigenvalue weighted by atomic mass is 14.6. The highest BCUT2D eigenvalue weighted by Crippen LogP contribution is 2.57. The Bertz CT molecular complexity index is 846. The minimum absolute atomic E-state index is 0.0158. The molecule has 0 radical (unpaired) electrons. The van der Waals surface area contributed by atoms with Crippen molar-refractivity contribution in [2.75, 3.05) is 0 Å². The molecule has 0 unspecified atom stereocenters. The summed E-state index contributed by atoms with van der Waals surface area (Å²) < 4.78 is 0. The van der Waals surface area contributed by atoms with Gasteiger partial charge in [0, 0.05) is 17.5 Å². The maximum Gasteiger partial charge on any atom is 0.0310 e. The van der Waals surface area contributed by atoms with E-state index < -0.39 is 0 Å². The average Bonchev–Trinajstić information content (AvgIpc) is 3.05. The molecule has 4 rings (SSSR count). The second kappa shape index (κ2) is 5.52. The molecule has 1 heteroatoms. The van der Waals surface area contributed by atoms with E-state index >= 15 is 0 Å². The zero-order valence-electron chi connectivity index (χ0n) is 14.3. The topological polar surface area (TPSA) is 26.0 Å². The van der Waals surface area contributed by atoms with Crippen LogP contribution in [0.4, 0.5) is 0 Å². The monoisotopic (exact) mass is 313 g/mol. The van der Waals surface area contributed by atoms with Gasteiger partial charge in [-0.15, -0.1) is 0 Å². The zero-order valence-corrected chi connectivity index (χ0v) is 14.3. The van der Waals surface area contributed by atoms with Crippen LogP contribution in [0.25, 0.3) is 11.1 Å². The predicted molar refractivity (Wildman–Crippen MR) is 102 cm³/mol. The molecule has 0 atom stereocenters. The van der Waals surface area contributed by atoms with Crippen molar-refractivity contribution < 1.29 is 0 Å². The third-order valence-corrected chi connectivity index (χ3v) is 5.30. The second-order valence-electron chi connectivity index (χ2n) is 7.18. The molecular formula is C23H23N. The van der Waals surface area contributed by atoms with Crippen LogP contribution in [0.2, 0.25) is 0 Å². The molecule has 2 N–H and O–H groups in total. The Morgan fingerprint density at radius 1 is 0.917 bits per heavy atom. The maximum absolute atomic E-state index is 6.47. The van der Waals surface area contributed by atoms with Crippen molar-refractivity contribution >= 4 is 0 Å². The van der Waals surface area contributed by atoms with Crippen LogP contribution in [-0.2, 0) is 5.41 Å². The number of hydrogen-bond acceptors (Lipinski definition) is 1. The molecule has 0 aliphatic heterocycles. The molecule has 2 aliphatic rings. The molecule has 0 fully saturated rings. The van der Waals surface area contributed by atoms with Crippen molar-refractivity contribution in [3.63, 3.8) is 0 Å². The van der Waals surface area contributed by atoms with Crippen molar-refractivity contribution in [1.82, 2.24) is 0 Å². The van der Waals surface area contributed by atoms with E-state index in [0.29, 0.717) is 0 Å². The van der Waals surface area contributed by atoms with Crippen LogP contribution in [0.3, 0.4) is 0 Å². The van der Waals surface area contributed by atoms with Crippen LogP contribution in [0.15, 0.2) is 83.6 Å². The molecule has 0 saturated carbocycles. The van der Waals surface area contributed by atoms with Crippen LogP contribution in [0, 0.1) is 0 Å². The maximum atomic E-state index is 6.47. The summed E-state index contributed by atoms with van der Waals surface area (Å²) in [6.07, 6.45) is 8.36. The summed E-state index contributed by atoms with van der Waals surface area (Å²) in [4.78, 5) is 0. The molecule has 2 aliphatic carbocycles. The Morgan fingerprint density at radius 3 is 2.08 bits per heavy atom. The summed E-state index contributed by atoms with van der Waals surface area (Å²) >= 11 is 0. The number of rotatable bonds is 2. The van der Waals surface area contributed by atoms with Crippen molar-refractivity contribution in [2.24, 2.45) is 5.73 Å². The number of hydrogen-bond donors (Lipinski definition) is 1.